The van der Waals surface area contributed by atoms with Crippen molar-refractivity contribution in [2.45, 2.75) is 6.92 Å². The van der Waals surface area contributed by atoms with Gasteiger partial charge in [0.2, 0.25) is 0 Å². The van der Waals surface area contributed by atoms with Crippen LogP contribution in [0.1, 0.15) is 22.8 Å². The molecule has 0 unspecified atom stereocenters. The van der Waals surface area contributed by atoms with Gasteiger partial charge in [0.15, 0.2) is 0 Å². The Morgan fingerprint density at radius 1 is 1.33 bits per heavy atom. The predicted octanol–water partition coefficient (Wildman–Crippen LogP) is 1.34. The second kappa shape index (κ2) is 5.33. The second-order valence-electron chi connectivity index (χ2n) is 2.20. The molecular weight excluding hydrogens is 229 g/mol. The molecule has 0 spiro atoms. The summed E-state index contributed by atoms with van der Waals surface area (Å²) in [7, 11) is 0. The third kappa shape index (κ3) is 2.61. The molecule has 0 N–H and O–H groups in total. The zero-order valence-corrected chi connectivity index (χ0v) is 9.54. The van der Waals surface area contributed by atoms with E-state index in [0.29, 0.717) is 11.1 Å². The first-order valence-electron chi connectivity index (χ1n) is 3.24. The molecule has 2 nitrogen and oxygen atoms in total. The van der Waals surface area contributed by atoms with E-state index < -0.39 is 0 Å². The molecule has 0 aliphatic heterocycles. The largest absolute Gasteiger partial charge is 3.00 e. The molecule has 0 saturated carbocycles. The van der Waals surface area contributed by atoms with Gasteiger partial charge in [-0.2, -0.15) is 6.07 Å². The van der Waals surface area contributed by atoms with Gasteiger partial charge in [0.1, 0.15) is 5.78 Å². The summed E-state index contributed by atoms with van der Waals surface area (Å²) in [6.07, 6.45) is 1.71. The van der Waals surface area contributed by atoms with E-state index in [2.05, 4.69) is 0 Å². The molecule has 1 aromatic rings. The van der Waals surface area contributed by atoms with Crippen molar-refractivity contribution in [2.75, 3.05) is 0 Å². The Hall–Kier alpha value is -0.336. The molecule has 12 heavy (non-hydrogen) atoms. The van der Waals surface area contributed by atoms with Crippen LogP contribution >= 0.6 is 0 Å². The number of hydrogen-bond acceptors (Lipinski definition) is 2. The third-order valence-corrected chi connectivity index (χ3v) is 1.42. The molecule has 1 rings (SSSR count). The van der Waals surface area contributed by atoms with Crippen LogP contribution < -0.4 is 0 Å². The van der Waals surface area contributed by atoms with Crippen LogP contribution in [0.25, 0.3) is 0 Å². The number of carbonyl (C=O) groups excluding carboxylic acids is 2. The minimum Gasteiger partial charge on any atom is -0.376 e. The van der Waals surface area contributed by atoms with E-state index in [1.165, 1.54) is 6.92 Å². The molecule has 1 aromatic carbocycles. The fourth-order valence-corrected chi connectivity index (χ4v) is 0.879. The quantitative estimate of drug-likeness (QED) is 0.573. The number of ketones is 1. The molecule has 0 amide bonds. The molecule has 0 fully saturated rings. The zero-order chi connectivity index (χ0) is 8.27. The number of benzene rings is 1. The van der Waals surface area contributed by atoms with Gasteiger partial charge in [-0.05, 0) is 6.92 Å². The van der Waals surface area contributed by atoms with Gasteiger partial charge >= 0.3 is 32.7 Å². The first-order valence-corrected chi connectivity index (χ1v) is 3.24. The summed E-state index contributed by atoms with van der Waals surface area (Å²) >= 11 is 0. The molecule has 0 bridgehead atoms. The van der Waals surface area contributed by atoms with Crippen LogP contribution in [0.15, 0.2) is 24.3 Å². The van der Waals surface area contributed by atoms with Crippen LogP contribution in [-0.2, 0) is 37.5 Å². The van der Waals surface area contributed by atoms with E-state index in [1.54, 1.807) is 30.6 Å². The van der Waals surface area contributed by atoms with Crippen LogP contribution in [0, 0.1) is 0 Å². The van der Waals surface area contributed by atoms with E-state index in [4.69, 9.17) is 0 Å². The predicted molar refractivity (Wildman–Crippen MR) is 41.2 cm³/mol. The molecule has 0 radical (unpaired) electrons. The van der Waals surface area contributed by atoms with Crippen LogP contribution in [-0.4, -0.2) is 12.1 Å². The summed E-state index contributed by atoms with van der Waals surface area (Å²) in [4.78, 5) is 21.1. The van der Waals surface area contributed by atoms with E-state index in [1.807, 2.05) is 0 Å². The van der Waals surface area contributed by atoms with Crippen LogP contribution in [0.2, 0.25) is 0 Å². The van der Waals surface area contributed by atoms with Crippen LogP contribution in [0.4, 0.5) is 0 Å². The van der Waals surface area contributed by atoms with E-state index >= 15 is 0 Å². The van der Waals surface area contributed by atoms with Crippen molar-refractivity contribution in [3.8, 4) is 0 Å². The fourth-order valence-electron chi connectivity index (χ4n) is 0.879. The number of rotatable bonds is 2. The summed E-state index contributed by atoms with van der Waals surface area (Å²) in [5.74, 6) is -0.107. The summed E-state index contributed by atoms with van der Waals surface area (Å²) in [6, 6.07) is 6.61. The maximum absolute atomic E-state index is 10.8. The standard InChI is InChI=1S/C9H7O2.Y/c1-7(11)9-5-3-2-4-8(9)6-10;/h2-5H,1H3;/q-1;+3. The Morgan fingerprint density at radius 3 is 2.33 bits per heavy atom. The Bertz CT molecular complexity index is 294. The first-order chi connectivity index (χ1) is 5.25. The minimum atomic E-state index is -0.107. The Labute approximate surface area is 96.2 Å². The van der Waals surface area contributed by atoms with Crippen molar-refractivity contribution in [1.29, 1.82) is 0 Å². The summed E-state index contributed by atoms with van der Waals surface area (Å²) in [6.45, 7) is 1.43. The van der Waals surface area contributed by atoms with Gasteiger partial charge < -0.3 is 9.59 Å². The van der Waals surface area contributed by atoms with E-state index in [0.717, 1.165) is 0 Å². The van der Waals surface area contributed by atoms with Gasteiger partial charge in [-0.1, -0.05) is 11.6 Å². The van der Waals surface area contributed by atoms with Gasteiger partial charge in [-0.15, -0.1) is 17.7 Å². The van der Waals surface area contributed by atoms with Gasteiger partial charge in [0.05, 0.1) is 6.29 Å². The maximum atomic E-state index is 10.8. The average molecular weight is 236 g/mol. The smallest absolute Gasteiger partial charge is 0.376 e. The van der Waals surface area contributed by atoms with Gasteiger partial charge in [0, 0.05) is 0 Å². The van der Waals surface area contributed by atoms with Gasteiger partial charge in [-0.25, -0.2) is 0 Å². The van der Waals surface area contributed by atoms with Crippen molar-refractivity contribution in [1.82, 2.24) is 0 Å². The number of Topliss-reactive ketones (excluding diaryl/α,β-unsaturated/α-hetero) is 1. The SMILES string of the molecule is CC(=O)c1ccccc1[C-]=O.[Y+3]. The van der Waals surface area contributed by atoms with Crippen molar-refractivity contribution < 1.29 is 42.3 Å². The normalized spacial score (nSPS) is 8.42. The van der Waals surface area contributed by atoms with Crippen molar-refractivity contribution in [3.63, 3.8) is 0 Å². The average Bonchev–Trinajstić information content (AvgIpc) is 2.04. The topological polar surface area (TPSA) is 34.1 Å². The molecular formula is C9H7O2Y+2. The molecule has 0 aliphatic carbocycles. The number of hydrogen-bond donors (Lipinski definition) is 0. The number of carbonyl (C=O) groups is 1. The van der Waals surface area contributed by atoms with Crippen LogP contribution in [0.3, 0.4) is 0 Å². The molecule has 0 aromatic heterocycles. The van der Waals surface area contributed by atoms with E-state index in [-0.39, 0.29) is 38.5 Å². The Balaban J connectivity index is 0.00000121. The van der Waals surface area contributed by atoms with Gasteiger partial charge in [0.25, 0.3) is 0 Å². The van der Waals surface area contributed by atoms with Crippen LogP contribution in [0.5, 0.6) is 0 Å². The first kappa shape index (κ1) is 11.7. The molecule has 0 heterocycles. The zero-order valence-electron chi connectivity index (χ0n) is 6.70. The van der Waals surface area contributed by atoms with Crippen molar-refractivity contribution in [2.24, 2.45) is 0 Å². The van der Waals surface area contributed by atoms with Gasteiger partial charge in [-0.3, -0.25) is 0 Å². The Kier molecular flexibility index (Phi) is 5.18. The summed E-state index contributed by atoms with van der Waals surface area (Å²) in [5, 5.41) is 0. The molecule has 0 atom stereocenters. The van der Waals surface area contributed by atoms with Crippen molar-refractivity contribution >= 4 is 12.1 Å². The second-order valence-corrected chi connectivity index (χ2v) is 2.20. The third-order valence-electron chi connectivity index (χ3n) is 1.42. The molecule has 3 heteroatoms. The minimum absolute atomic E-state index is 0. The maximum Gasteiger partial charge on any atom is 3.00 e. The van der Waals surface area contributed by atoms with Crippen molar-refractivity contribution in [3.05, 3.63) is 35.4 Å². The summed E-state index contributed by atoms with van der Waals surface area (Å²) < 4.78 is 0. The monoisotopic (exact) mass is 236 g/mol. The molecule has 0 aliphatic rings. The Morgan fingerprint density at radius 2 is 1.92 bits per heavy atom. The fraction of sp³-hybridized carbons (Fsp3) is 0.111. The molecule has 0 saturated heterocycles. The molecule has 56 valence electrons. The summed E-state index contributed by atoms with van der Waals surface area (Å²) in [5.41, 5.74) is 0.766. The van der Waals surface area contributed by atoms with E-state index in [9.17, 15) is 9.59 Å².